The molecule has 118 valence electrons. The Bertz CT molecular complexity index is 790. The monoisotopic (exact) mass is 377 g/mol. The minimum Gasteiger partial charge on any atom is -0.481 e. The fraction of sp³-hybridized carbons (Fsp3) is 0.333. The van der Waals surface area contributed by atoms with Crippen LogP contribution in [0.15, 0.2) is 4.34 Å². The molecule has 0 aliphatic heterocycles. The van der Waals surface area contributed by atoms with Crippen molar-refractivity contribution in [1.29, 1.82) is 0 Å². The lowest BCUT2D eigenvalue weighted by Gasteiger charge is -1.93. The van der Waals surface area contributed by atoms with Crippen molar-refractivity contribution in [3.63, 3.8) is 0 Å². The van der Waals surface area contributed by atoms with Crippen LogP contribution in [-0.2, 0) is 22.4 Å². The summed E-state index contributed by atoms with van der Waals surface area (Å²) < 4.78 is 1.34. The second-order valence-electron chi connectivity index (χ2n) is 4.42. The molecule has 2 aromatic rings. The Morgan fingerprint density at radius 2 is 1.95 bits per heavy atom. The van der Waals surface area contributed by atoms with Gasteiger partial charge in [0.2, 0.25) is 0 Å². The van der Waals surface area contributed by atoms with E-state index in [-0.39, 0.29) is 12.8 Å². The molecule has 2 rings (SSSR count). The van der Waals surface area contributed by atoms with Crippen LogP contribution in [0.25, 0.3) is 0 Å². The Labute approximate surface area is 141 Å². The van der Waals surface area contributed by atoms with Crippen LogP contribution in [0.3, 0.4) is 0 Å². The Morgan fingerprint density at radius 3 is 2.55 bits per heavy atom. The average molecular weight is 378 g/mol. The van der Waals surface area contributed by atoms with E-state index in [4.69, 9.17) is 22.4 Å². The van der Waals surface area contributed by atoms with E-state index in [1.54, 1.807) is 0 Å². The Morgan fingerprint density at radius 1 is 1.32 bits per heavy atom. The molecule has 0 saturated heterocycles. The zero-order valence-electron chi connectivity index (χ0n) is 11.7. The number of aryl methyl sites for hydroxylation is 1. The average Bonchev–Trinajstić information content (AvgIpc) is 2.84. The van der Waals surface area contributed by atoms with Gasteiger partial charge in [-0.1, -0.05) is 0 Å². The third-order valence-corrected chi connectivity index (χ3v) is 9.21. The molecular weight excluding hydrogens is 364 g/mol. The highest BCUT2D eigenvalue weighted by Gasteiger charge is 2.22. The van der Waals surface area contributed by atoms with Crippen LogP contribution in [0, 0.1) is 17.8 Å². The van der Waals surface area contributed by atoms with Crippen molar-refractivity contribution in [1.82, 2.24) is 9.97 Å². The molecule has 0 amide bonds. The van der Waals surface area contributed by atoms with Gasteiger partial charge < -0.3 is 15.2 Å². The first-order chi connectivity index (χ1) is 10.3. The molecule has 0 fully saturated rings. The van der Waals surface area contributed by atoms with Crippen LogP contribution in [-0.4, -0.2) is 32.1 Å². The summed E-state index contributed by atoms with van der Waals surface area (Å²) in [4.78, 5) is 30.7. The number of aliphatic carboxylic acids is 2. The van der Waals surface area contributed by atoms with E-state index in [2.05, 4.69) is 9.97 Å². The first-order valence-corrected chi connectivity index (χ1v) is 9.89. The third kappa shape index (κ3) is 3.94. The molecule has 0 saturated carbocycles. The van der Waals surface area contributed by atoms with Crippen molar-refractivity contribution in [2.75, 3.05) is 0 Å². The molecule has 0 aliphatic carbocycles. The molecule has 3 N–H and O–H groups in total. The van der Waals surface area contributed by atoms with E-state index >= 15 is 0 Å². The minimum absolute atomic E-state index is 0.0861. The molecule has 0 aliphatic rings. The van der Waals surface area contributed by atoms with Crippen LogP contribution >= 0.6 is 43.9 Å². The maximum atomic E-state index is 10.8. The van der Waals surface area contributed by atoms with Crippen molar-refractivity contribution < 1.29 is 19.8 Å². The van der Waals surface area contributed by atoms with Gasteiger partial charge in [-0.25, -0.2) is 4.98 Å². The molecule has 0 bridgehead atoms. The molecule has 10 heteroatoms. The lowest BCUT2D eigenvalue weighted by Crippen LogP contribution is -2.01. The number of carboxylic acid groups (broad SMARTS) is 2. The van der Waals surface area contributed by atoms with E-state index in [0.29, 0.717) is 15.3 Å². The highest BCUT2D eigenvalue weighted by atomic mass is 33.1. The molecule has 6 nitrogen and oxygen atoms in total. The molecule has 1 unspecified atom stereocenters. The Balaban J connectivity index is 2.28. The number of thiazole rings is 2. The zero-order valence-corrected chi connectivity index (χ0v) is 15.0. The van der Waals surface area contributed by atoms with Gasteiger partial charge in [0.15, 0.2) is 4.34 Å². The first kappa shape index (κ1) is 17.1. The second kappa shape index (κ2) is 6.90. The number of carbonyl (C=O) groups is 2. The molecular formula is C12H13N2O4S4+. The quantitative estimate of drug-likeness (QED) is 0.403. The SMILES string of the molecule is Cc1sc(S[s+]2c(C)c(CC(=O)O)[nH]c2=S)nc1CC(=O)O. The van der Waals surface area contributed by atoms with Gasteiger partial charge in [0.25, 0.3) is 12.2 Å². The van der Waals surface area contributed by atoms with Gasteiger partial charge in [-0.2, -0.15) is 0 Å². The number of aromatic amines is 1. The number of aromatic nitrogens is 2. The normalized spacial score (nSPS) is 11.6. The van der Waals surface area contributed by atoms with E-state index in [1.807, 2.05) is 13.8 Å². The van der Waals surface area contributed by atoms with Gasteiger partial charge in [-0.05, 0) is 13.8 Å². The molecule has 22 heavy (non-hydrogen) atoms. The number of carboxylic acids is 2. The van der Waals surface area contributed by atoms with Gasteiger partial charge in [0.05, 0.1) is 35.0 Å². The van der Waals surface area contributed by atoms with Gasteiger partial charge in [0, 0.05) is 14.4 Å². The Kier molecular flexibility index (Phi) is 5.37. The molecule has 1 atom stereocenters. The predicted octanol–water partition coefficient (Wildman–Crippen LogP) is 3.38. The van der Waals surface area contributed by atoms with Gasteiger partial charge in [-0.3, -0.25) is 9.59 Å². The number of hydrogen-bond acceptors (Lipinski definition) is 6. The molecule has 0 spiro atoms. The predicted molar refractivity (Wildman–Crippen MR) is 89.6 cm³/mol. The fourth-order valence-electron chi connectivity index (χ4n) is 1.74. The van der Waals surface area contributed by atoms with Crippen LogP contribution in [0.4, 0.5) is 0 Å². The summed E-state index contributed by atoms with van der Waals surface area (Å²) in [5, 5.41) is 17.7. The van der Waals surface area contributed by atoms with Crippen LogP contribution in [0.5, 0.6) is 0 Å². The van der Waals surface area contributed by atoms with E-state index in [1.165, 1.54) is 22.1 Å². The maximum Gasteiger partial charge on any atom is 0.368 e. The summed E-state index contributed by atoms with van der Waals surface area (Å²) in [6.45, 7) is 3.70. The topological polar surface area (TPSA) is 103 Å². The summed E-state index contributed by atoms with van der Waals surface area (Å²) >= 11 is 6.72. The maximum absolute atomic E-state index is 10.8. The van der Waals surface area contributed by atoms with Crippen molar-refractivity contribution in [3.05, 3.63) is 25.1 Å². The second-order valence-corrected chi connectivity index (χ2v) is 10.2. The summed E-state index contributed by atoms with van der Waals surface area (Å²) in [6, 6.07) is 0. The summed E-state index contributed by atoms with van der Waals surface area (Å²) in [5.41, 5.74) is 1.20. The van der Waals surface area contributed by atoms with Crippen LogP contribution in [0.2, 0.25) is 0 Å². The van der Waals surface area contributed by atoms with E-state index < -0.39 is 21.4 Å². The lowest BCUT2D eigenvalue weighted by molar-refractivity contribution is -0.137. The van der Waals surface area contributed by atoms with Crippen molar-refractivity contribution >= 4 is 55.8 Å². The number of hydrogen-bond donors (Lipinski definition) is 3. The van der Waals surface area contributed by atoms with Crippen LogP contribution in [0.1, 0.15) is 21.1 Å². The van der Waals surface area contributed by atoms with Gasteiger partial charge in [-0.15, -0.1) is 11.3 Å². The third-order valence-electron chi connectivity index (χ3n) is 2.80. The van der Waals surface area contributed by atoms with Gasteiger partial charge in [0.1, 0.15) is 4.88 Å². The minimum atomic E-state index is -0.912. The number of nitrogens with one attached hydrogen (secondary N) is 1. The van der Waals surface area contributed by atoms with Crippen molar-refractivity contribution in [2.24, 2.45) is 0 Å². The largest absolute Gasteiger partial charge is 0.481 e. The highest BCUT2D eigenvalue weighted by Crippen LogP contribution is 2.45. The number of nitrogens with zero attached hydrogens (tertiary/aromatic N) is 1. The molecule has 0 radical (unpaired) electrons. The number of H-pyrrole nitrogens is 1. The summed E-state index contributed by atoms with van der Waals surface area (Å²) in [5.74, 6) is -1.82. The molecule has 2 aromatic heterocycles. The smallest absolute Gasteiger partial charge is 0.368 e. The zero-order chi connectivity index (χ0) is 16.4. The molecule has 0 aromatic carbocycles. The Hall–Kier alpha value is -1.23. The fourth-order valence-corrected chi connectivity index (χ4v) is 7.53. The van der Waals surface area contributed by atoms with E-state index in [9.17, 15) is 9.59 Å². The van der Waals surface area contributed by atoms with Crippen molar-refractivity contribution in [2.45, 2.75) is 31.0 Å². The lowest BCUT2D eigenvalue weighted by atomic mass is 10.3. The van der Waals surface area contributed by atoms with Gasteiger partial charge >= 0.3 is 15.9 Å². The van der Waals surface area contributed by atoms with Crippen LogP contribution < -0.4 is 0 Å². The standard InChI is InChI=1S/C12H12N2O4S4/c1-5-7(3-9(15)16)14-12(20-5)21-22-6(2)8(4-10(17)18)13-11(22)19/h3-4H2,1-2H3,(H2-,13,15,16,17,18,19)/p+1. The van der Waals surface area contributed by atoms with E-state index in [0.717, 1.165) is 14.1 Å². The number of rotatable bonds is 6. The molecule has 2 heterocycles. The highest BCUT2D eigenvalue weighted by molar-refractivity contribution is 8.46. The first-order valence-electron chi connectivity index (χ1n) is 6.11. The van der Waals surface area contributed by atoms with Crippen molar-refractivity contribution in [3.8, 4) is 0 Å². The summed E-state index contributed by atoms with van der Waals surface area (Å²) in [6.07, 6.45) is -0.185. The summed E-state index contributed by atoms with van der Waals surface area (Å²) in [7, 11) is 0.980.